The third-order valence-corrected chi connectivity index (χ3v) is 2.93. The summed E-state index contributed by atoms with van der Waals surface area (Å²) in [5.74, 6) is 0. The molecule has 0 amide bonds. The number of β-amino-alcohol motifs (C(OH)–C–C–N with tert-alkyl or cyclic N) is 1. The van der Waals surface area contributed by atoms with Gasteiger partial charge in [-0.25, -0.2) is 0 Å². The van der Waals surface area contributed by atoms with Crippen LogP contribution in [0.25, 0.3) is 0 Å². The van der Waals surface area contributed by atoms with Gasteiger partial charge in [0.1, 0.15) is 0 Å². The van der Waals surface area contributed by atoms with Gasteiger partial charge in [-0.15, -0.1) is 0 Å². The van der Waals surface area contributed by atoms with E-state index in [1.165, 1.54) is 0 Å². The van der Waals surface area contributed by atoms with Crippen molar-refractivity contribution in [1.29, 1.82) is 0 Å². The van der Waals surface area contributed by atoms with Gasteiger partial charge in [-0.3, -0.25) is 4.90 Å². The Labute approximate surface area is 104 Å². The van der Waals surface area contributed by atoms with E-state index in [-0.39, 0.29) is 6.10 Å². The van der Waals surface area contributed by atoms with Gasteiger partial charge in [0, 0.05) is 26.2 Å². The molecular formula is C12H25NO4. The fourth-order valence-electron chi connectivity index (χ4n) is 1.91. The van der Waals surface area contributed by atoms with Crippen LogP contribution in [-0.4, -0.2) is 74.9 Å². The normalized spacial score (nSPS) is 25.8. The summed E-state index contributed by atoms with van der Waals surface area (Å²) in [6.07, 6.45) is -0.424. The Morgan fingerprint density at radius 2 is 2.24 bits per heavy atom. The second kappa shape index (κ2) is 8.00. The zero-order valence-electron chi connectivity index (χ0n) is 11.1. The van der Waals surface area contributed by atoms with Crippen molar-refractivity contribution in [3.8, 4) is 0 Å². The molecule has 17 heavy (non-hydrogen) atoms. The zero-order chi connectivity index (χ0) is 12.7. The molecule has 1 saturated heterocycles. The Morgan fingerprint density at radius 3 is 2.88 bits per heavy atom. The van der Waals surface area contributed by atoms with E-state index >= 15 is 0 Å². The number of nitrogens with zero attached hydrogens (tertiary/aromatic N) is 1. The molecule has 1 N–H and O–H groups in total. The second-order valence-corrected chi connectivity index (χ2v) is 4.67. The van der Waals surface area contributed by atoms with Crippen LogP contribution in [0.1, 0.15) is 13.8 Å². The average molecular weight is 247 g/mol. The first-order chi connectivity index (χ1) is 8.13. The number of ether oxygens (including phenoxy) is 3. The minimum atomic E-state index is -0.449. The van der Waals surface area contributed by atoms with Gasteiger partial charge in [-0.1, -0.05) is 0 Å². The summed E-state index contributed by atoms with van der Waals surface area (Å²) in [6, 6.07) is 0.370. The SMILES string of the molecule is COCC(C)OCC(O)CN1CCOCC1C. The molecule has 5 nitrogen and oxygen atoms in total. The fourth-order valence-corrected chi connectivity index (χ4v) is 1.91. The minimum Gasteiger partial charge on any atom is -0.389 e. The number of morpholine rings is 1. The van der Waals surface area contributed by atoms with E-state index in [9.17, 15) is 5.11 Å². The number of hydrogen-bond donors (Lipinski definition) is 1. The first-order valence-electron chi connectivity index (χ1n) is 6.24. The van der Waals surface area contributed by atoms with Gasteiger partial charge < -0.3 is 19.3 Å². The van der Waals surface area contributed by atoms with Crippen molar-refractivity contribution in [1.82, 2.24) is 4.90 Å². The molecule has 102 valence electrons. The molecule has 3 unspecified atom stereocenters. The molecular weight excluding hydrogens is 222 g/mol. The summed E-state index contributed by atoms with van der Waals surface area (Å²) in [5, 5.41) is 9.89. The summed E-state index contributed by atoms with van der Waals surface area (Å²) < 4.78 is 15.8. The molecule has 0 aromatic rings. The van der Waals surface area contributed by atoms with Gasteiger partial charge in [0.05, 0.1) is 38.6 Å². The molecule has 1 fully saturated rings. The Balaban J connectivity index is 2.17. The molecule has 3 atom stereocenters. The predicted molar refractivity (Wildman–Crippen MR) is 65.2 cm³/mol. The Hall–Kier alpha value is -0.200. The van der Waals surface area contributed by atoms with Crippen LogP contribution in [0.15, 0.2) is 0 Å². The largest absolute Gasteiger partial charge is 0.389 e. The van der Waals surface area contributed by atoms with E-state index in [2.05, 4.69) is 11.8 Å². The quantitative estimate of drug-likeness (QED) is 0.692. The van der Waals surface area contributed by atoms with Crippen LogP contribution < -0.4 is 0 Å². The maximum Gasteiger partial charge on any atom is 0.0900 e. The Bertz CT molecular complexity index is 203. The molecule has 5 heteroatoms. The Kier molecular flexibility index (Phi) is 6.99. The molecule has 1 heterocycles. The summed E-state index contributed by atoms with van der Waals surface area (Å²) in [5.41, 5.74) is 0. The van der Waals surface area contributed by atoms with Crippen molar-refractivity contribution >= 4 is 0 Å². The minimum absolute atomic E-state index is 0.0248. The molecule has 0 bridgehead atoms. The highest BCUT2D eigenvalue weighted by molar-refractivity contribution is 4.74. The first-order valence-corrected chi connectivity index (χ1v) is 6.24. The molecule has 0 aliphatic carbocycles. The summed E-state index contributed by atoms with van der Waals surface area (Å²) in [7, 11) is 1.64. The third-order valence-electron chi connectivity index (χ3n) is 2.93. The maximum absolute atomic E-state index is 9.89. The summed E-state index contributed by atoms with van der Waals surface area (Å²) >= 11 is 0. The molecule has 1 rings (SSSR count). The molecule has 1 aliphatic heterocycles. The lowest BCUT2D eigenvalue weighted by molar-refractivity contribution is -0.0598. The van der Waals surface area contributed by atoms with Crippen LogP contribution in [0, 0.1) is 0 Å². The van der Waals surface area contributed by atoms with Crippen molar-refractivity contribution in [2.24, 2.45) is 0 Å². The second-order valence-electron chi connectivity index (χ2n) is 4.67. The molecule has 0 saturated carbocycles. The van der Waals surface area contributed by atoms with Gasteiger partial charge in [0.2, 0.25) is 0 Å². The molecule has 0 radical (unpaired) electrons. The van der Waals surface area contributed by atoms with Crippen LogP contribution in [0.3, 0.4) is 0 Å². The van der Waals surface area contributed by atoms with Crippen LogP contribution in [0.4, 0.5) is 0 Å². The molecule has 0 aromatic heterocycles. The van der Waals surface area contributed by atoms with E-state index in [0.29, 0.717) is 25.8 Å². The number of rotatable bonds is 7. The number of hydrogen-bond acceptors (Lipinski definition) is 5. The summed E-state index contributed by atoms with van der Waals surface area (Å²) in [4.78, 5) is 2.23. The molecule has 0 spiro atoms. The highest BCUT2D eigenvalue weighted by atomic mass is 16.5. The van der Waals surface area contributed by atoms with Crippen molar-refractivity contribution in [2.75, 3.05) is 46.6 Å². The van der Waals surface area contributed by atoms with Gasteiger partial charge in [-0.2, -0.15) is 0 Å². The van der Waals surface area contributed by atoms with Gasteiger partial charge in [-0.05, 0) is 13.8 Å². The van der Waals surface area contributed by atoms with Crippen molar-refractivity contribution in [3.05, 3.63) is 0 Å². The fraction of sp³-hybridized carbons (Fsp3) is 1.00. The lowest BCUT2D eigenvalue weighted by atomic mass is 10.2. The van der Waals surface area contributed by atoms with Crippen LogP contribution in [0.5, 0.6) is 0 Å². The van der Waals surface area contributed by atoms with Gasteiger partial charge in [0.15, 0.2) is 0 Å². The van der Waals surface area contributed by atoms with E-state index in [1.807, 2.05) is 6.92 Å². The molecule has 0 aromatic carbocycles. The smallest absolute Gasteiger partial charge is 0.0900 e. The van der Waals surface area contributed by atoms with Crippen molar-refractivity contribution < 1.29 is 19.3 Å². The first kappa shape index (κ1) is 14.9. The topological polar surface area (TPSA) is 51.2 Å². The van der Waals surface area contributed by atoms with E-state index in [1.54, 1.807) is 7.11 Å². The standard InChI is InChI=1S/C12H25NO4/c1-10-7-16-5-4-13(10)6-12(14)9-17-11(2)8-15-3/h10-12,14H,4-9H2,1-3H3. The lowest BCUT2D eigenvalue weighted by Gasteiger charge is -2.34. The number of aliphatic hydroxyl groups is 1. The van der Waals surface area contributed by atoms with E-state index in [4.69, 9.17) is 14.2 Å². The van der Waals surface area contributed by atoms with Crippen molar-refractivity contribution in [3.63, 3.8) is 0 Å². The average Bonchev–Trinajstić information content (AvgIpc) is 2.30. The monoisotopic (exact) mass is 247 g/mol. The van der Waals surface area contributed by atoms with Gasteiger partial charge >= 0.3 is 0 Å². The van der Waals surface area contributed by atoms with Crippen LogP contribution >= 0.6 is 0 Å². The zero-order valence-corrected chi connectivity index (χ0v) is 11.1. The molecule has 1 aliphatic rings. The van der Waals surface area contributed by atoms with Crippen LogP contribution in [0.2, 0.25) is 0 Å². The van der Waals surface area contributed by atoms with E-state index in [0.717, 1.165) is 19.8 Å². The summed E-state index contributed by atoms with van der Waals surface area (Å²) in [6.45, 7) is 7.98. The third kappa shape index (κ3) is 5.79. The number of methoxy groups -OCH3 is 1. The van der Waals surface area contributed by atoms with E-state index < -0.39 is 6.10 Å². The Morgan fingerprint density at radius 1 is 1.47 bits per heavy atom. The van der Waals surface area contributed by atoms with Crippen LogP contribution in [-0.2, 0) is 14.2 Å². The highest BCUT2D eigenvalue weighted by Crippen LogP contribution is 2.07. The van der Waals surface area contributed by atoms with Crippen molar-refractivity contribution in [2.45, 2.75) is 32.1 Å². The maximum atomic E-state index is 9.89. The predicted octanol–water partition coefficient (Wildman–Crippen LogP) is 0.120. The van der Waals surface area contributed by atoms with Gasteiger partial charge in [0.25, 0.3) is 0 Å². The lowest BCUT2D eigenvalue weighted by Crippen LogP contribution is -2.47. The number of aliphatic hydroxyl groups excluding tert-OH is 1. The highest BCUT2D eigenvalue weighted by Gasteiger charge is 2.21.